The summed E-state index contributed by atoms with van der Waals surface area (Å²) in [7, 11) is 3.63. The van der Waals surface area contributed by atoms with Crippen LogP contribution in [0.25, 0.3) is 0 Å². The number of nitrogens with one attached hydrogen (secondary N) is 2. The highest BCUT2D eigenvalue weighted by Crippen LogP contribution is 2.24. The zero-order chi connectivity index (χ0) is 14.3. The minimum absolute atomic E-state index is 0.0436. The van der Waals surface area contributed by atoms with Gasteiger partial charge < -0.3 is 15.5 Å². The molecule has 2 N–H and O–H groups in total. The van der Waals surface area contributed by atoms with Gasteiger partial charge >= 0.3 is 0 Å². The number of hydrogen-bond acceptors (Lipinski definition) is 3. The number of rotatable bonds is 7. The summed E-state index contributed by atoms with van der Waals surface area (Å²) in [6.07, 6.45) is 0.472. The fourth-order valence-corrected chi connectivity index (χ4v) is 1.98. The Bertz CT molecular complexity index is 423. The number of hydrogen-bond donors (Lipinski definition) is 2. The van der Waals surface area contributed by atoms with Crippen molar-refractivity contribution in [3.63, 3.8) is 0 Å². The van der Waals surface area contributed by atoms with E-state index in [1.54, 1.807) is 7.05 Å². The lowest BCUT2D eigenvalue weighted by molar-refractivity contribution is -0.120. The average molecular weight is 284 g/mol. The van der Waals surface area contributed by atoms with Crippen molar-refractivity contribution in [3.8, 4) is 0 Å². The molecule has 0 aromatic heterocycles. The molecule has 19 heavy (non-hydrogen) atoms. The van der Waals surface area contributed by atoms with Gasteiger partial charge in [0.2, 0.25) is 5.91 Å². The number of carbonyl (C=O) groups excluding carboxylic acids is 1. The van der Waals surface area contributed by atoms with Gasteiger partial charge in [0, 0.05) is 44.3 Å². The highest BCUT2D eigenvalue weighted by molar-refractivity contribution is 6.30. The zero-order valence-electron chi connectivity index (χ0n) is 11.8. The number of nitrogens with zero attached hydrogens (tertiary/aromatic N) is 1. The summed E-state index contributed by atoms with van der Waals surface area (Å²) >= 11 is 6.06. The van der Waals surface area contributed by atoms with E-state index in [-0.39, 0.29) is 5.91 Å². The SMILES string of the molecule is CCNCc1ccc(Cl)cc1N(C)CCC(=O)NC. The lowest BCUT2D eigenvalue weighted by Crippen LogP contribution is -2.27. The fraction of sp³-hybridized carbons (Fsp3) is 0.500. The molecule has 5 heteroatoms. The molecule has 0 spiro atoms. The first-order valence-corrected chi connectivity index (χ1v) is 6.87. The van der Waals surface area contributed by atoms with Crippen molar-refractivity contribution < 1.29 is 4.79 Å². The van der Waals surface area contributed by atoms with Crippen molar-refractivity contribution in [1.29, 1.82) is 0 Å². The van der Waals surface area contributed by atoms with E-state index < -0.39 is 0 Å². The zero-order valence-corrected chi connectivity index (χ0v) is 12.5. The maximum absolute atomic E-state index is 11.3. The summed E-state index contributed by atoms with van der Waals surface area (Å²) in [4.78, 5) is 13.4. The van der Waals surface area contributed by atoms with Crippen LogP contribution >= 0.6 is 11.6 Å². The van der Waals surface area contributed by atoms with Gasteiger partial charge in [-0.2, -0.15) is 0 Å². The van der Waals surface area contributed by atoms with Crippen LogP contribution in [0, 0.1) is 0 Å². The molecule has 1 aromatic carbocycles. The minimum Gasteiger partial charge on any atom is -0.374 e. The minimum atomic E-state index is 0.0436. The van der Waals surface area contributed by atoms with Crippen molar-refractivity contribution in [2.45, 2.75) is 19.9 Å². The third kappa shape index (κ3) is 5.09. The van der Waals surface area contributed by atoms with E-state index in [9.17, 15) is 4.79 Å². The molecule has 0 saturated heterocycles. The monoisotopic (exact) mass is 283 g/mol. The number of carbonyl (C=O) groups is 1. The predicted octanol–water partition coefficient (Wildman–Crippen LogP) is 2.02. The highest BCUT2D eigenvalue weighted by Gasteiger charge is 2.09. The summed E-state index contributed by atoms with van der Waals surface area (Å²) in [6, 6.07) is 5.86. The summed E-state index contributed by atoms with van der Waals surface area (Å²) in [6.45, 7) is 4.46. The molecular weight excluding hydrogens is 262 g/mol. The van der Waals surface area contributed by atoms with Crippen LogP contribution in [0.15, 0.2) is 18.2 Å². The lowest BCUT2D eigenvalue weighted by Gasteiger charge is -2.22. The first-order chi connectivity index (χ1) is 9.08. The Morgan fingerprint density at radius 2 is 2.16 bits per heavy atom. The topological polar surface area (TPSA) is 44.4 Å². The first kappa shape index (κ1) is 15.8. The van der Waals surface area contributed by atoms with Crippen molar-refractivity contribution in [1.82, 2.24) is 10.6 Å². The number of halogens is 1. The molecule has 4 nitrogen and oxygen atoms in total. The van der Waals surface area contributed by atoms with Gasteiger partial charge in [0.25, 0.3) is 0 Å². The molecule has 0 fully saturated rings. The maximum atomic E-state index is 11.3. The predicted molar refractivity (Wildman–Crippen MR) is 80.8 cm³/mol. The van der Waals surface area contributed by atoms with Crippen LogP contribution in [-0.2, 0) is 11.3 Å². The second-order valence-corrected chi connectivity index (χ2v) is 4.83. The Labute approximate surface area is 120 Å². The molecule has 1 rings (SSSR count). The van der Waals surface area contributed by atoms with Gasteiger partial charge in [0.15, 0.2) is 0 Å². The van der Waals surface area contributed by atoms with Gasteiger partial charge in [0.05, 0.1) is 0 Å². The van der Waals surface area contributed by atoms with Crippen LogP contribution in [-0.4, -0.2) is 33.1 Å². The molecule has 0 aliphatic heterocycles. The Morgan fingerprint density at radius 3 is 2.79 bits per heavy atom. The van der Waals surface area contributed by atoms with E-state index in [4.69, 9.17) is 11.6 Å². The Hall–Kier alpha value is -1.26. The Kier molecular flexibility index (Phi) is 6.67. The molecule has 0 aliphatic carbocycles. The second-order valence-electron chi connectivity index (χ2n) is 4.40. The summed E-state index contributed by atoms with van der Waals surface area (Å²) < 4.78 is 0. The van der Waals surface area contributed by atoms with Crippen LogP contribution in [0.5, 0.6) is 0 Å². The standard InChI is InChI=1S/C14H22ClN3O/c1-4-17-10-11-5-6-12(15)9-13(11)18(3)8-7-14(19)16-2/h5-6,9,17H,4,7-8,10H2,1-3H3,(H,16,19). The van der Waals surface area contributed by atoms with Crippen molar-refractivity contribution in [2.75, 3.05) is 32.1 Å². The molecule has 0 bridgehead atoms. The van der Waals surface area contributed by atoms with Crippen molar-refractivity contribution in [3.05, 3.63) is 28.8 Å². The lowest BCUT2D eigenvalue weighted by atomic mass is 10.1. The Morgan fingerprint density at radius 1 is 1.42 bits per heavy atom. The molecule has 0 unspecified atom stereocenters. The van der Waals surface area contributed by atoms with Gasteiger partial charge in [-0.05, 0) is 24.2 Å². The van der Waals surface area contributed by atoms with Crippen LogP contribution in [0.4, 0.5) is 5.69 Å². The second kappa shape index (κ2) is 8.02. The molecule has 106 valence electrons. The van der Waals surface area contributed by atoms with Gasteiger partial charge in [0.1, 0.15) is 0 Å². The highest BCUT2D eigenvalue weighted by atomic mass is 35.5. The van der Waals surface area contributed by atoms with E-state index in [1.165, 1.54) is 5.56 Å². The van der Waals surface area contributed by atoms with E-state index in [0.717, 1.165) is 18.8 Å². The number of anilines is 1. The molecule has 0 aliphatic rings. The molecule has 0 radical (unpaired) electrons. The molecule has 0 heterocycles. The van der Waals surface area contributed by atoms with E-state index in [2.05, 4.69) is 22.5 Å². The average Bonchev–Trinajstić information content (AvgIpc) is 2.42. The van der Waals surface area contributed by atoms with Crippen LogP contribution < -0.4 is 15.5 Å². The van der Waals surface area contributed by atoms with Gasteiger partial charge in [-0.15, -0.1) is 0 Å². The van der Waals surface area contributed by atoms with Crippen molar-refractivity contribution in [2.24, 2.45) is 0 Å². The smallest absolute Gasteiger partial charge is 0.221 e. The fourth-order valence-electron chi connectivity index (χ4n) is 1.82. The van der Waals surface area contributed by atoms with Crippen LogP contribution in [0.1, 0.15) is 18.9 Å². The Balaban J connectivity index is 2.77. The quantitative estimate of drug-likeness (QED) is 0.805. The van der Waals surface area contributed by atoms with E-state index >= 15 is 0 Å². The first-order valence-electron chi connectivity index (χ1n) is 6.49. The summed E-state index contributed by atoms with van der Waals surface area (Å²) in [5.74, 6) is 0.0436. The molecule has 1 aromatic rings. The molecule has 0 atom stereocenters. The maximum Gasteiger partial charge on any atom is 0.221 e. The van der Waals surface area contributed by atoms with Gasteiger partial charge in [-0.3, -0.25) is 4.79 Å². The molecule has 0 saturated carbocycles. The third-order valence-corrected chi connectivity index (χ3v) is 3.21. The molecular formula is C14H22ClN3O. The van der Waals surface area contributed by atoms with Crippen LogP contribution in [0.3, 0.4) is 0 Å². The van der Waals surface area contributed by atoms with Crippen LogP contribution in [0.2, 0.25) is 5.02 Å². The summed E-state index contributed by atoms with van der Waals surface area (Å²) in [5.41, 5.74) is 2.25. The van der Waals surface area contributed by atoms with E-state index in [0.29, 0.717) is 18.0 Å². The molecule has 1 amide bonds. The third-order valence-electron chi connectivity index (χ3n) is 2.98. The number of benzene rings is 1. The van der Waals surface area contributed by atoms with E-state index in [1.807, 2.05) is 25.2 Å². The number of amides is 1. The van der Waals surface area contributed by atoms with Crippen molar-refractivity contribution >= 4 is 23.2 Å². The normalized spacial score (nSPS) is 10.3. The van der Waals surface area contributed by atoms with Gasteiger partial charge in [-0.1, -0.05) is 24.6 Å². The summed E-state index contributed by atoms with van der Waals surface area (Å²) in [5, 5.41) is 6.64. The van der Waals surface area contributed by atoms with Gasteiger partial charge in [-0.25, -0.2) is 0 Å². The largest absolute Gasteiger partial charge is 0.374 e.